The van der Waals surface area contributed by atoms with Crippen LogP contribution in [0.5, 0.6) is 0 Å². The van der Waals surface area contributed by atoms with E-state index in [1.807, 2.05) is 6.07 Å². The minimum Gasteiger partial charge on any atom is -0.481 e. The molecule has 0 saturated carbocycles. The van der Waals surface area contributed by atoms with Gasteiger partial charge < -0.3 is 5.11 Å². The van der Waals surface area contributed by atoms with Crippen LogP contribution in [0.15, 0.2) is 27.6 Å². The summed E-state index contributed by atoms with van der Waals surface area (Å²) in [7, 11) is -2.44. The van der Waals surface area contributed by atoms with Crippen LogP contribution in [-0.4, -0.2) is 37.4 Å². The summed E-state index contributed by atoms with van der Waals surface area (Å²) in [6, 6.07) is 5.94. The minimum absolute atomic E-state index is 0.00580. The fourth-order valence-corrected chi connectivity index (χ4v) is 3.12. The average molecular weight is 347 g/mol. The number of benzene rings is 1. The van der Waals surface area contributed by atoms with E-state index < -0.39 is 16.0 Å². The molecule has 19 heavy (non-hydrogen) atoms. The number of hydrogen-bond donors (Lipinski definition) is 1. The Balaban J connectivity index is 3.04. The van der Waals surface area contributed by atoms with E-state index in [0.29, 0.717) is 10.0 Å². The van der Waals surface area contributed by atoms with Crippen molar-refractivity contribution in [3.63, 3.8) is 0 Å². The SMILES string of the molecule is CN(CCC(=O)O)S(=O)(=O)c1ccc(C#N)c(Br)c1. The van der Waals surface area contributed by atoms with Crippen LogP contribution in [0.2, 0.25) is 0 Å². The molecule has 102 valence electrons. The quantitative estimate of drug-likeness (QED) is 0.868. The van der Waals surface area contributed by atoms with Gasteiger partial charge in [-0.25, -0.2) is 12.7 Å². The molecule has 1 aromatic carbocycles. The van der Waals surface area contributed by atoms with Crippen molar-refractivity contribution in [2.45, 2.75) is 11.3 Å². The van der Waals surface area contributed by atoms with Gasteiger partial charge in [-0.1, -0.05) is 0 Å². The molecule has 1 rings (SSSR count). The first-order valence-electron chi connectivity index (χ1n) is 5.17. The second-order valence-electron chi connectivity index (χ2n) is 3.72. The van der Waals surface area contributed by atoms with E-state index in [-0.39, 0.29) is 17.9 Å². The number of nitriles is 1. The molecule has 1 N–H and O–H groups in total. The van der Waals surface area contributed by atoms with Gasteiger partial charge >= 0.3 is 5.97 Å². The standard InChI is InChI=1S/C11H11BrN2O4S/c1-14(5-4-11(15)16)19(17,18)9-3-2-8(7-13)10(12)6-9/h2-3,6H,4-5H2,1H3,(H,15,16). The van der Waals surface area contributed by atoms with Gasteiger partial charge in [0.25, 0.3) is 0 Å². The Morgan fingerprint density at radius 2 is 2.16 bits per heavy atom. The molecule has 0 radical (unpaired) electrons. The Kier molecular flexibility index (Phi) is 5.05. The monoisotopic (exact) mass is 346 g/mol. The summed E-state index contributed by atoms with van der Waals surface area (Å²) in [4.78, 5) is 10.4. The molecule has 0 atom stereocenters. The van der Waals surface area contributed by atoms with Crippen molar-refractivity contribution >= 4 is 31.9 Å². The Morgan fingerprint density at radius 1 is 1.53 bits per heavy atom. The van der Waals surface area contributed by atoms with E-state index in [0.717, 1.165) is 4.31 Å². The van der Waals surface area contributed by atoms with E-state index in [1.165, 1.54) is 25.2 Å². The van der Waals surface area contributed by atoms with Crippen molar-refractivity contribution in [1.29, 1.82) is 5.26 Å². The first-order chi connectivity index (χ1) is 8.78. The van der Waals surface area contributed by atoms with Gasteiger partial charge in [0.1, 0.15) is 6.07 Å². The molecule has 0 aliphatic rings. The van der Waals surface area contributed by atoms with Crippen molar-refractivity contribution in [3.05, 3.63) is 28.2 Å². The molecule has 0 bridgehead atoms. The highest BCUT2D eigenvalue weighted by Gasteiger charge is 2.22. The molecule has 0 aliphatic carbocycles. The van der Waals surface area contributed by atoms with E-state index in [1.54, 1.807) is 0 Å². The number of nitrogens with zero attached hydrogens (tertiary/aromatic N) is 2. The van der Waals surface area contributed by atoms with Crippen molar-refractivity contribution in [2.75, 3.05) is 13.6 Å². The molecule has 0 amide bonds. The Labute approximate surface area is 119 Å². The highest BCUT2D eigenvalue weighted by Crippen LogP contribution is 2.22. The Bertz CT molecular complexity index is 637. The number of hydrogen-bond acceptors (Lipinski definition) is 4. The zero-order valence-electron chi connectivity index (χ0n) is 10.00. The van der Waals surface area contributed by atoms with Crippen LogP contribution in [0.4, 0.5) is 0 Å². The third-order valence-corrected chi connectivity index (χ3v) is 4.92. The third kappa shape index (κ3) is 3.76. The molecular weight excluding hydrogens is 336 g/mol. The Hall–Kier alpha value is -1.43. The normalized spacial score (nSPS) is 11.3. The van der Waals surface area contributed by atoms with Gasteiger partial charge in [-0.05, 0) is 34.1 Å². The molecule has 0 unspecified atom stereocenters. The minimum atomic E-state index is -3.75. The Morgan fingerprint density at radius 3 is 2.63 bits per heavy atom. The zero-order valence-corrected chi connectivity index (χ0v) is 12.4. The van der Waals surface area contributed by atoms with Crippen molar-refractivity contribution in [1.82, 2.24) is 4.31 Å². The largest absolute Gasteiger partial charge is 0.481 e. The highest BCUT2D eigenvalue weighted by atomic mass is 79.9. The summed E-state index contributed by atoms with van der Waals surface area (Å²) >= 11 is 3.11. The first kappa shape index (κ1) is 15.6. The van der Waals surface area contributed by atoms with Gasteiger partial charge in [-0.2, -0.15) is 5.26 Å². The first-order valence-corrected chi connectivity index (χ1v) is 7.40. The van der Waals surface area contributed by atoms with Crippen molar-refractivity contribution in [2.24, 2.45) is 0 Å². The average Bonchev–Trinajstić information content (AvgIpc) is 2.35. The number of carboxylic acid groups (broad SMARTS) is 1. The van der Waals surface area contributed by atoms with E-state index in [9.17, 15) is 13.2 Å². The number of carbonyl (C=O) groups is 1. The number of carboxylic acids is 1. The van der Waals surface area contributed by atoms with Crippen LogP contribution < -0.4 is 0 Å². The van der Waals surface area contributed by atoms with Crippen LogP contribution in [0.3, 0.4) is 0 Å². The predicted octanol–water partition coefficient (Wildman–Crippen LogP) is 1.42. The molecular formula is C11H11BrN2O4S. The third-order valence-electron chi connectivity index (χ3n) is 2.41. The smallest absolute Gasteiger partial charge is 0.304 e. The van der Waals surface area contributed by atoms with Gasteiger partial charge in [0, 0.05) is 18.1 Å². The van der Waals surface area contributed by atoms with Crippen LogP contribution in [-0.2, 0) is 14.8 Å². The summed E-state index contributed by atoms with van der Waals surface area (Å²) < 4.78 is 25.6. The number of aliphatic carboxylic acids is 1. The molecule has 8 heteroatoms. The van der Waals surface area contributed by atoms with Crippen LogP contribution in [0.25, 0.3) is 0 Å². The van der Waals surface area contributed by atoms with E-state index in [2.05, 4.69) is 15.9 Å². The molecule has 0 fully saturated rings. The summed E-state index contributed by atoms with van der Waals surface area (Å²) in [6.07, 6.45) is -0.271. The lowest BCUT2D eigenvalue weighted by Gasteiger charge is -2.16. The molecule has 1 aromatic rings. The lowest BCUT2D eigenvalue weighted by atomic mass is 10.2. The maximum Gasteiger partial charge on any atom is 0.304 e. The lowest BCUT2D eigenvalue weighted by molar-refractivity contribution is -0.137. The van der Waals surface area contributed by atoms with E-state index >= 15 is 0 Å². The highest BCUT2D eigenvalue weighted by molar-refractivity contribution is 9.10. The van der Waals surface area contributed by atoms with E-state index in [4.69, 9.17) is 10.4 Å². The van der Waals surface area contributed by atoms with Gasteiger partial charge in [-0.15, -0.1) is 0 Å². The summed E-state index contributed by atoms with van der Waals surface area (Å²) in [5.74, 6) is -1.07. The fourth-order valence-electron chi connectivity index (χ4n) is 1.30. The maximum absolute atomic E-state index is 12.1. The van der Waals surface area contributed by atoms with Crippen LogP contribution >= 0.6 is 15.9 Å². The molecule has 0 heterocycles. The van der Waals surface area contributed by atoms with Gasteiger partial charge in [0.2, 0.25) is 10.0 Å². The number of rotatable bonds is 5. The molecule has 0 spiro atoms. The second kappa shape index (κ2) is 6.14. The fraction of sp³-hybridized carbons (Fsp3) is 0.273. The zero-order chi connectivity index (χ0) is 14.6. The van der Waals surface area contributed by atoms with Gasteiger partial charge in [0.05, 0.1) is 16.9 Å². The molecule has 0 saturated heterocycles. The summed E-state index contributed by atoms with van der Waals surface area (Å²) in [6.45, 7) is -0.116. The van der Waals surface area contributed by atoms with Crippen molar-refractivity contribution in [3.8, 4) is 6.07 Å². The molecule has 0 aromatic heterocycles. The maximum atomic E-state index is 12.1. The van der Waals surface area contributed by atoms with Gasteiger partial charge in [0.15, 0.2) is 0 Å². The lowest BCUT2D eigenvalue weighted by Crippen LogP contribution is -2.29. The number of halogens is 1. The predicted molar refractivity (Wildman–Crippen MR) is 70.9 cm³/mol. The molecule has 6 nitrogen and oxygen atoms in total. The second-order valence-corrected chi connectivity index (χ2v) is 6.62. The molecule has 0 aliphatic heterocycles. The van der Waals surface area contributed by atoms with Gasteiger partial charge in [-0.3, -0.25) is 4.79 Å². The van der Waals surface area contributed by atoms with Crippen LogP contribution in [0.1, 0.15) is 12.0 Å². The van der Waals surface area contributed by atoms with Crippen molar-refractivity contribution < 1.29 is 18.3 Å². The van der Waals surface area contributed by atoms with Crippen LogP contribution in [0, 0.1) is 11.3 Å². The summed E-state index contributed by atoms with van der Waals surface area (Å²) in [5, 5.41) is 17.3. The topological polar surface area (TPSA) is 98.5 Å². The number of sulfonamides is 1. The summed E-state index contributed by atoms with van der Waals surface area (Å²) in [5.41, 5.74) is 0.326.